The van der Waals surface area contributed by atoms with E-state index in [-0.39, 0.29) is 59.5 Å². The van der Waals surface area contributed by atoms with E-state index in [0.717, 1.165) is 93.7 Å². The van der Waals surface area contributed by atoms with Crippen LogP contribution in [0.3, 0.4) is 0 Å². The Morgan fingerprint density at radius 2 is 1.85 bits per heavy atom. The predicted molar refractivity (Wildman–Crippen MR) is 271 cm³/mol. The zero-order chi connectivity index (χ0) is 48.5. The van der Waals surface area contributed by atoms with Crippen LogP contribution in [0.1, 0.15) is 90.0 Å². The Kier molecular flexibility index (Phi) is 15.4. The molecule has 1 saturated carbocycles. The molecule has 8 rings (SSSR count). The normalized spacial score (nSPS) is 23.0. The van der Waals surface area contributed by atoms with E-state index >= 15 is 4.79 Å². The SMILES string of the molecule is CCn1c(-c2cccnc2C2(OC)CS2)c(CC(C)(C)COC=O)c2cc(-c3cc(O)cc(C[C@@H](C(=O)N4CCCCN4)C(C(=O)[C@H](C(C)C)N(C)C(=O)[C@H]4CCCC[C@H]4N)C4CS4)c3)ccc21. The topological polar surface area (TPSA) is 169 Å². The molecule has 0 bridgehead atoms. The van der Waals surface area contributed by atoms with Crippen molar-refractivity contribution < 1.29 is 33.8 Å². The first kappa shape index (κ1) is 50.0. The lowest BCUT2D eigenvalue weighted by Crippen LogP contribution is -2.56. The Hall–Kier alpha value is -4.41. The Balaban J connectivity index is 1.20. The summed E-state index contributed by atoms with van der Waals surface area (Å²) < 4.78 is 13.8. The summed E-state index contributed by atoms with van der Waals surface area (Å²) in [6.07, 6.45) is 7.86. The molecule has 68 heavy (non-hydrogen) atoms. The van der Waals surface area contributed by atoms with Gasteiger partial charge in [0, 0.05) is 90.6 Å². The molecule has 4 N–H and O–H groups in total. The van der Waals surface area contributed by atoms with Crippen LogP contribution in [0.4, 0.5) is 0 Å². The second kappa shape index (κ2) is 20.9. The molecule has 2 amide bonds. The molecule has 7 atom stereocenters. The predicted octanol–water partition coefficient (Wildman–Crippen LogP) is 7.97. The number of benzene rings is 2. The average molecular weight is 967 g/mol. The minimum absolute atomic E-state index is 0.0590. The van der Waals surface area contributed by atoms with E-state index in [1.807, 2.05) is 32.2 Å². The number of carbonyl (C=O) groups excluding carboxylic acids is 4. The molecule has 4 aromatic rings. The van der Waals surface area contributed by atoms with Gasteiger partial charge in [-0.2, -0.15) is 11.8 Å². The van der Waals surface area contributed by atoms with Crippen molar-refractivity contribution in [2.45, 2.75) is 115 Å². The summed E-state index contributed by atoms with van der Waals surface area (Å²) in [6, 6.07) is 15.0. The van der Waals surface area contributed by atoms with Gasteiger partial charge in [-0.15, -0.1) is 11.8 Å². The minimum atomic E-state index is -0.746. The number of nitrogens with zero attached hydrogens (tertiary/aromatic N) is 4. The Bertz CT molecular complexity index is 2500. The summed E-state index contributed by atoms with van der Waals surface area (Å²) in [5.41, 5.74) is 16.8. The van der Waals surface area contributed by atoms with Gasteiger partial charge in [-0.1, -0.05) is 52.7 Å². The number of hydrogen-bond donors (Lipinski definition) is 3. The summed E-state index contributed by atoms with van der Waals surface area (Å²) >= 11 is 3.40. The van der Waals surface area contributed by atoms with Crippen LogP contribution in [0, 0.1) is 29.1 Å². The van der Waals surface area contributed by atoms with E-state index in [1.54, 1.807) is 59.7 Å². The molecule has 0 radical (unpaired) electrons. The number of ether oxygens (including phenoxy) is 2. The summed E-state index contributed by atoms with van der Waals surface area (Å²) in [5.74, 6) is -0.636. The van der Waals surface area contributed by atoms with Crippen LogP contribution >= 0.6 is 23.5 Å². The van der Waals surface area contributed by atoms with Crippen molar-refractivity contribution in [3.05, 3.63) is 71.5 Å². The van der Waals surface area contributed by atoms with Crippen LogP contribution in [0.2, 0.25) is 0 Å². The van der Waals surface area contributed by atoms with Gasteiger partial charge in [-0.3, -0.25) is 29.2 Å². The second-order valence-corrected chi connectivity index (χ2v) is 23.0. The van der Waals surface area contributed by atoms with Gasteiger partial charge in [-0.05, 0) is 110 Å². The average Bonchev–Trinajstić information content (AvgIpc) is 4.28. The van der Waals surface area contributed by atoms with Gasteiger partial charge in [0.1, 0.15) is 5.75 Å². The molecule has 1 aliphatic carbocycles. The zero-order valence-corrected chi connectivity index (χ0v) is 42.4. The van der Waals surface area contributed by atoms with Crippen molar-refractivity contribution in [1.82, 2.24) is 24.9 Å². The van der Waals surface area contributed by atoms with E-state index in [1.165, 1.54) is 0 Å². The molecule has 2 aromatic carbocycles. The first-order valence-corrected chi connectivity index (χ1v) is 26.6. The van der Waals surface area contributed by atoms with Gasteiger partial charge >= 0.3 is 0 Å². The fourth-order valence-corrected chi connectivity index (χ4v) is 12.8. The Morgan fingerprint density at radius 1 is 1.09 bits per heavy atom. The number of fused-ring (bicyclic) bond motifs is 1. The molecule has 366 valence electrons. The van der Waals surface area contributed by atoms with E-state index in [0.29, 0.717) is 38.9 Å². The number of amides is 2. The van der Waals surface area contributed by atoms with Crippen LogP contribution < -0.4 is 11.2 Å². The summed E-state index contributed by atoms with van der Waals surface area (Å²) in [4.78, 5) is 61.9. The molecule has 3 aliphatic heterocycles. The van der Waals surface area contributed by atoms with Crippen molar-refractivity contribution in [1.29, 1.82) is 0 Å². The highest BCUT2D eigenvalue weighted by molar-refractivity contribution is 8.07. The number of nitrogens with one attached hydrogen (secondary N) is 1. The lowest BCUT2D eigenvalue weighted by molar-refractivity contribution is -0.149. The summed E-state index contributed by atoms with van der Waals surface area (Å²) in [5, 5.41) is 14.2. The number of ketones is 1. The largest absolute Gasteiger partial charge is 0.508 e. The number of hydrazine groups is 1. The van der Waals surface area contributed by atoms with Crippen LogP contribution in [-0.2, 0) is 53.0 Å². The van der Waals surface area contributed by atoms with Gasteiger partial charge in [0.05, 0.1) is 35.9 Å². The first-order valence-electron chi connectivity index (χ1n) is 24.5. The standard InChI is InChI=1S/C53H70N6O7S2/c1-8-58-43-18-17-34(26-39(43)41(27-52(4,5)29-66-31-60)47(58)38-15-13-19-55-49(38)53(65-7)30-68-53)35-22-33(23-36(61)25-35)24-40(51(64)59-21-12-11-20-56-59)45(44-28-67-44)48(62)46(32(2)3)57(6)50(63)37-14-9-10-16-42(37)54/h13,15,17-19,22-23,25-26,31-32,37,40,42,44-46,56,61H,8-12,14,16,20-21,24,27-30,54H2,1-7H3/t37-,40+,42+,44?,45?,46-,53?/m0/s1. The number of carbonyl (C=O) groups is 4. The van der Waals surface area contributed by atoms with Gasteiger partial charge < -0.3 is 29.8 Å². The fourth-order valence-electron chi connectivity index (χ4n) is 11.1. The summed E-state index contributed by atoms with van der Waals surface area (Å²) in [7, 11) is 3.47. The molecule has 15 heteroatoms. The number of methoxy groups -OCH3 is 1. The lowest BCUT2D eigenvalue weighted by atomic mass is 9.76. The quantitative estimate of drug-likeness (QED) is 0.0578. The fraction of sp³-hybridized carbons (Fsp3) is 0.566. The monoisotopic (exact) mass is 966 g/mol. The highest BCUT2D eigenvalue weighted by atomic mass is 32.2. The number of Topliss-reactive ketones (excluding diaryl/α,β-unsaturated/α-hetero) is 1. The van der Waals surface area contributed by atoms with E-state index in [4.69, 9.17) is 20.2 Å². The third kappa shape index (κ3) is 10.4. The maximum absolute atomic E-state index is 15.3. The van der Waals surface area contributed by atoms with Gasteiger partial charge in [-0.25, -0.2) is 5.43 Å². The maximum atomic E-state index is 15.3. The molecule has 5 heterocycles. The molecular formula is C53H70N6O7S2. The van der Waals surface area contributed by atoms with Crippen LogP contribution in [-0.4, -0.2) is 111 Å². The number of aryl methyl sites for hydroxylation is 1. The van der Waals surface area contributed by atoms with Crippen molar-refractivity contribution in [3.8, 4) is 28.1 Å². The van der Waals surface area contributed by atoms with Crippen molar-refractivity contribution >= 4 is 58.5 Å². The van der Waals surface area contributed by atoms with Crippen LogP contribution in [0.5, 0.6) is 5.75 Å². The number of pyridine rings is 1. The number of phenolic OH excluding ortho intramolecular Hbond substituents is 1. The van der Waals surface area contributed by atoms with Crippen molar-refractivity contribution in [3.63, 3.8) is 0 Å². The number of aromatic nitrogens is 2. The van der Waals surface area contributed by atoms with E-state index < -0.39 is 28.2 Å². The molecule has 3 saturated heterocycles. The van der Waals surface area contributed by atoms with E-state index in [2.05, 4.69) is 55.0 Å². The number of phenols is 1. The highest BCUT2D eigenvalue weighted by Crippen LogP contribution is 2.56. The maximum Gasteiger partial charge on any atom is 0.293 e. The number of hydrogen-bond acceptors (Lipinski definition) is 12. The number of nitrogens with two attached hydrogens (primary N) is 1. The molecule has 4 aliphatic rings. The number of aromatic hydroxyl groups is 1. The van der Waals surface area contributed by atoms with Crippen molar-refractivity contribution in [2.75, 3.05) is 45.4 Å². The minimum Gasteiger partial charge on any atom is -0.508 e. The lowest BCUT2D eigenvalue weighted by Gasteiger charge is -2.39. The van der Waals surface area contributed by atoms with Crippen LogP contribution in [0.25, 0.3) is 33.3 Å². The van der Waals surface area contributed by atoms with Crippen molar-refractivity contribution in [2.24, 2.45) is 34.8 Å². The second-order valence-electron chi connectivity index (χ2n) is 20.5. The smallest absolute Gasteiger partial charge is 0.293 e. The zero-order valence-electron chi connectivity index (χ0n) is 40.8. The number of rotatable bonds is 20. The van der Waals surface area contributed by atoms with Gasteiger partial charge in [0.15, 0.2) is 10.7 Å². The Morgan fingerprint density at radius 3 is 2.50 bits per heavy atom. The van der Waals surface area contributed by atoms with Gasteiger partial charge in [0.25, 0.3) is 6.47 Å². The molecule has 2 aromatic heterocycles. The first-order chi connectivity index (χ1) is 32.6. The number of thioether (sulfide) groups is 2. The van der Waals surface area contributed by atoms with Gasteiger partial charge in [0.2, 0.25) is 11.8 Å². The third-order valence-corrected chi connectivity index (χ3v) is 16.8. The summed E-state index contributed by atoms with van der Waals surface area (Å²) in [6.45, 7) is 12.9. The molecular weight excluding hydrogens is 897 g/mol. The van der Waals surface area contributed by atoms with Crippen LogP contribution in [0.15, 0.2) is 54.7 Å². The molecule has 3 unspecified atom stereocenters. The third-order valence-electron chi connectivity index (χ3n) is 14.6. The van der Waals surface area contributed by atoms with E-state index in [9.17, 15) is 19.5 Å². The highest BCUT2D eigenvalue weighted by Gasteiger charge is 2.51. The molecule has 0 spiro atoms. The Labute approximate surface area is 410 Å². The molecule has 13 nitrogen and oxygen atoms in total. The number of likely N-dealkylation sites (N-methyl/N-ethyl adjacent to an activating group) is 1. The molecule has 4 fully saturated rings.